The minimum absolute atomic E-state index is 0.220. The van der Waals surface area contributed by atoms with Gasteiger partial charge in [0.05, 0.1) is 0 Å². The molecule has 2 aromatic rings. The van der Waals surface area contributed by atoms with Crippen molar-refractivity contribution in [3.8, 4) is 0 Å². The fourth-order valence-corrected chi connectivity index (χ4v) is 3.81. The third-order valence-electron chi connectivity index (χ3n) is 3.62. The topological polar surface area (TPSA) is 20.2 Å². The van der Waals surface area contributed by atoms with E-state index in [1.807, 2.05) is 6.07 Å². The first-order valence-electron chi connectivity index (χ1n) is 6.50. The first kappa shape index (κ1) is 13.6. The van der Waals surface area contributed by atoms with Gasteiger partial charge in [-0.05, 0) is 43.4 Å². The lowest BCUT2D eigenvalue weighted by atomic mass is 9.98. The summed E-state index contributed by atoms with van der Waals surface area (Å²) in [7, 11) is 0. The highest BCUT2D eigenvalue weighted by Gasteiger charge is 2.22. The average molecular weight is 298 g/mol. The number of hydrogen-bond acceptors (Lipinski definition) is 2. The zero-order chi connectivity index (χ0) is 14.3. The molecule has 0 aliphatic heterocycles. The molecule has 1 nitrogen and oxygen atoms in total. The Kier molecular flexibility index (Phi) is 3.56. The van der Waals surface area contributed by atoms with Crippen LogP contribution in [0, 0.1) is 17.5 Å². The third-order valence-corrected chi connectivity index (χ3v) is 4.91. The van der Waals surface area contributed by atoms with E-state index in [9.17, 15) is 18.3 Å². The SMILES string of the molecule is OC(c1cc2c(s1)CCCC2)c1cc(F)c(F)cc1F. The molecule has 0 saturated carbocycles. The summed E-state index contributed by atoms with van der Waals surface area (Å²) in [6.07, 6.45) is 2.90. The van der Waals surface area contributed by atoms with Gasteiger partial charge in [-0.2, -0.15) is 0 Å². The van der Waals surface area contributed by atoms with Gasteiger partial charge in [0, 0.05) is 21.4 Å². The molecular formula is C15H13F3OS. The predicted octanol–water partition coefficient (Wildman–Crippen LogP) is 4.13. The van der Waals surface area contributed by atoms with Crippen LogP contribution in [0.15, 0.2) is 18.2 Å². The van der Waals surface area contributed by atoms with Crippen molar-refractivity contribution < 1.29 is 18.3 Å². The summed E-state index contributed by atoms with van der Waals surface area (Å²) in [4.78, 5) is 1.79. The van der Waals surface area contributed by atoms with Crippen molar-refractivity contribution in [2.24, 2.45) is 0 Å². The van der Waals surface area contributed by atoms with Crippen LogP contribution in [-0.2, 0) is 12.8 Å². The summed E-state index contributed by atoms with van der Waals surface area (Å²) >= 11 is 1.42. The summed E-state index contributed by atoms with van der Waals surface area (Å²) < 4.78 is 39.8. The molecular weight excluding hydrogens is 285 g/mol. The van der Waals surface area contributed by atoms with Crippen molar-refractivity contribution in [3.05, 3.63) is 56.5 Å². The lowest BCUT2D eigenvalue weighted by Gasteiger charge is -2.10. The lowest BCUT2D eigenvalue weighted by Crippen LogP contribution is -2.03. The van der Waals surface area contributed by atoms with Crippen LogP contribution in [0.5, 0.6) is 0 Å². The molecule has 20 heavy (non-hydrogen) atoms. The molecule has 1 aromatic carbocycles. The Morgan fingerprint density at radius 3 is 2.40 bits per heavy atom. The normalized spacial score (nSPS) is 16.0. The van der Waals surface area contributed by atoms with Crippen LogP contribution in [0.1, 0.15) is 39.8 Å². The number of benzene rings is 1. The molecule has 0 spiro atoms. The molecule has 0 radical (unpaired) electrons. The Bertz CT molecular complexity index is 627. The molecule has 1 aliphatic carbocycles. The van der Waals surface area contributed by atoms with Gasteiger partial charge in [-0.1, -0.05) is 0 Å². The van der Waals surface area contributed by atoms with E-state index in [1.165, 1.54) is 21.8 Å². The molecule has 1 aliphatic rings. The molecule has 5 heteroatoms. The maximum atomic E-state index is 13.7. The van der Waals surface area contributed by atoms with Crippen molar-refractivity contribution >= 4 is 11.3 Å². The summed E-state index contributed by atoms with van der Waals surface area (Å²) in [5, 5.41) is 10.2. The van der Waals surface area contributed by atoms with Gasteiger partial charge in [0.2, 0.25) is 0 Å². The highest BCUT2D eigenvalue weighted by molar-refractivity contribution is 7.12. The first-order valence-corrected chi connectivity index (χ1v) is 7.32. The second-order valence-electron chi connectivity index (χ2n) is 4.99. The standard InChI is InChI=1S/C15H13F3OS/c16-10-7-12(18)11(17)6-9(10)15(19)14-5-8-3-1-2-4-13(8)20-14/h5-7,15,19H,1-4H2. The first-order chi connectivity index (χ1) is 9.56. The second-order valence-corrected chi connectivity index (χ2v) is 6.16. The van der Waals surface area contributed by atoms with Crippen LogP contribution in [-0.4, -0.2) is 5.11 Å². The molecule has 0 fully saturated rings. The largest absolute Gasteiger partial charge is 0.383 e. The van der Waals surface area contributed by atoms with Gasteiger partial charge in [-0.3, -0.25) is 0 Å². The van der Waals surface area contributed by atoms with E-state index in [4.69, 9.17) is 0 Å². The Hall–Kier alpha value is -1.33. The summed E-state index contributed by atoms with van der Waals surface area (Å²) in [5.41, 5.74) is 0.959. The average Bonchev–Trinajstić information content (AvgIpc) is 2.86. The quantitative estimate of drug-likeness (QED) is 0.827. The van der Waals surface area contributed by atoms with Crippen molar-refractivity contribution in [2.75, 3.05) is 0 Å². The van der Waals surface area contributed by atoms with Crippen molar-refractivity contribution in [3.63, 3.8) is 0 Å². The van der Waals surface area contributed by atoms with Gasteiger partial charge in [-0.15, -0.1) is 11.3 Å². The van der Waals surface area contributed by atoms with Crippen LogP contribution in [0.4, 0.5) is 13.2 Å². The van der Waals surface area contributed by atoms with Crippen molar-refractivity contribution in [1.29, 1.82) is 0 Å². The molecule has 1 heterocycles. The van der Waals surface area contributed by atoms with Crippen LogP contribution >= 0.6 is 11.3 Å². The lowest BCUT2D eigenvalue weighted by molar-refractivity contribution is 0.217. The Labute approximate surface area is 118 Å². The van der Waals surface area contributed by atoms with E-state index in [2.05, 4.69) is 0 Å². The molecule has 106 valence electrons. The monoisotopic (exact) mass is 298 g/mol. The van der Waals surface area contributed by atoms with E-state index in [1.54, 1.807) is 0 Å². The number of halogens is 3. The summed E-state index contributed by atoms with van der Waals surface area (Å²) in [6.45, 7) is 0. The number of hydrogen-bond donors (Lipinski definition) is 1. The molecule has 1 N–H and O–H groups in total. The van der Waals surface area contributed by atoms with Crippen LogP contribution < -0.4 is 0 Å². The zero-order valence-corrected chi connectivity index (χ0v) is 11.4. The van der Waals surface area contributed by atoms with Crippen LogP contribution in [0.3, 0.4) is 0 Å². The number of fused-ring (bicyclic) bond motifs is 1. The smallest absolute Gasteiger partial charge is 0.161 e. The van der Waals surface area contributed by atoms with E-state index in [-0.39, 0.29) is 5.56 Å². The molecule has 1 atom stereocenters. The summed E-state index contributed by atoms with van der Waals surface area (Å²) in [5.74, 6) is -3.33. The van der Waals surface area contributed by atoms with Gasteiger partial charge in [0.15, 0.2) is 11.6 Å². The molecule has 0 bridgehead atoms. The van der Waals surface area contributed by atoms with Crippen molar-refractivity contribution in [2.45, 2.75) is 31.8 Å². The van der Waals surface area contributed by atoms with E-state index in [0.29, 0.717) is 10.9 Å². The minimum atomic E-state index is -1.25. The molecule has 0 amide bonds. The Balaban J connectivity index is 1.98. The third kappa shape index (κ3) is 2.36. The van der Waals surface area contributed by atoms with Gasteiger partial charge in [0.1, 0.15) is 11.9 Å². The molecule has 1 aromatic heterocycles. The fourth-order valence-electron chi connectivity index (χ4n) is 2.55. The van der Waals surface area contributed by atoms with E-state index in [0.717, 1.165) is 31.7 Å². The van der Waals surface area contributed by atoms with Gasteiger partial charge >= 0.3 is 0 Å². The highest BCUT2D eigenvalue weighted by Crippen LogP contribution is 2.36. The maximum absolute atomic E-state index is 13.7. The fraction of sp³-hybridized carbons (Fsp3) is 0.333. The Morgan fingerprint density at radius 1 is 0.950 bits per heavy atom. The maximum Gasteiger partial charge on any atom is 0.161 e. The Morgan fingerprint density at radius 2 is 1.65 bits per heavy atom. The van der Waals surface area contributed by atoms with Gasteiger partial charge in [0.25, 0.3) is 0 Å². The van der Waals surface area contributed by atoms with Crippen LogP contribution in [0.2, 0.25) is 0 Å². The van der Waals surface area contributed by atoms with E-state index < -0.39 is 23.6 Å². The van der Waals surface area contributed by atoms with Crippen molar-refractivity contribution in [1.82, 2.24) is 0 Å². The number of thiophene rings is 1. The minimum Gasteiger partial charge on any atom is -0.383 e. The van der Waals surface area contributed by atoms with Gasteiger partial charge < -0.3 is 5.11 Å². The number of aliphatic hydroxyl groups excluding tert-OH is 1. The molecule has 3 rings (SSSR count). The summed E-state index contributed by atoms with van der Waals surface area (Å²) in [6, 6.07) is 3.06. The molecule has 0 saturated heterocycles. The van der Waals surface area contributed by atoms with E-state index >= 15 is 0 Å². The number of rotatable bonds is 2. The predicted molar refractivity (Wildman–Crippen MR) is 71.3 cm³/mol. The second kappa shape index (κ2) is 5.22. The highest BCUT2D eigenvalue weighted by atomic mass is 32.1. The number of aliphatic hydroxyl groups is 1. The van der Waals surface area contributed by atoms with Crippen LogP contribution in [0.25, 0.3) is 0 Å². The molecule has 1 unspecified atom stereocenters. The zero-order valence-electron chi connectivity index (χ0n) is 10.6. The number of aryl methyl sites for hydroxylation is 2. The van der Waals surface area contributed by atoms with Gasteiger partial charge in [-0.25, -0.2) is 13.2 Å².